The standard InChI is InChI=1S/C21H14F3N5OS/c1-2-13-8-9-16(31-13)14-10-17(21(22,23)24)29-18(25-14)11-15(28-29)20-27-26-19(30-20)12-6-4-3-5-7-12/h3-11H,2H2,1H3. The van der Waals surface area contributed by atoms with E-state index in [1.54, 1.807) is 18.2 Å². The fourth-order valence-corrected chi connectivity index (χ4v) is 4.04. The molecule has 156 valence electrons. The summed E-state index contributed by atoms with van der Waals surface area (Å²) in [7, 11) is 0. The molecule has 5 rings (SSSR count). The number of rotatable bonds is 4. The predicted octanol–water partition coefficient (Wildman–Crippen LogP) is 5.76. The molecule has 4 aromatic heterocycles. The van der Waals surface area contributed by atoms with Gasteiger partial charge in [-0.15, -0.1) is 21.5 Å². The van der Waals surface area contributed by atoms with E-state index in [2.05, 4.69) is 20.3 Å². The largest absolute Gasteiger partial charge is 0.433 e. The Morgan fingerprint density at radius 2 is 1.74 bits per heavy atom. The Labute approximate surface area is 178 Å². The van der Waals surface area contributed by atoms with Gasteiger partial charge in [0.05, 0.1) is 10.6 Å². The van der Waals surface area contributed by atoms with Crippen molar-refractivity contribution < 1.29 is 17.6 Å². The van der Waals surface area contributed by atoms with Crippen LogP contribution in [0.3, 0.4) is 0 Å². The Morgan fingerprint density at radius 1 is 0.968 bits per heavy atom. The van der Waals surface area contributed by atoms with Crippen LogP contribution in [0.25, 0.3) is 39.3 Å². The van der Waals surface area contributed by atoms with Crippen LogP contribution < -0.4 is 0 Å². The van der Waals surface area contributed by atoms with Crippen LogP contribution >= 0.6 is 11.3 Å². The average Bonchev–Trinajstić information content (AvgIpc) is 3.51. The minimum atomic E-state index is -4.62. The second-order valence-corrected chi connectivity index (χ2v) is 7.89. The van der Waals surface area contributed by atoms with Gasteiger partial charge in [0.15, 0.2) is 17.0 Å². The number of fused-ring (bicyclic) bond motifs is 1. The van der Waals surface area contributed by atoms with Crippen LogP contribution in [-0.4, -0.2) is 24.8 Å². The third-order valence-electron chi connectivity index (χ3n) is 4.65. The maximum absolute atomic E-state index is 13.8. The lowest BCUT2D eigenvalue weighted by Gasteiger charge is -2.10. The Balaban J connectivity index is 1.63. The van der Waals surface area contributed by atoms with Crippen molar-refractivity contribution in [3.8, 4) is 33.6 Å². The van der Waals surface area contributed by atoms with Crippen LogP contribution in [0.15, 0.2) is 59.0 Å². The Bertz CT molecular complexity index is 1370. The van der Waals surface area contributed by atoms with E-state index in [4.69, 9.17) is 4.42 Å². The van der Waals surface area contributed by atoms with Gasteiger partial charge in [-0.1, -0.05) is 25.1 Å². The molecule has 4 heterocycles. The van der Waals surface area contributed by atoms with Crippen LogP contribution in [0.1, 0.15) is 17.5 Å². The molecule has 0 bridgehead atoms. The topological polar surface area (TPSA) is 69.1 Å². The Morgan fingerprint density at radius 3 is 2.45 bits per heavy atom. The average molecular weight is 441 g/mol. The van der Waals surface area contributed by atoms with Crippen molar-refractivity contribution in [1.29, 1.82) is 0 Å². The van der Waals surface area contributed by atoms with Gasteiger partial charge in [-0.25, -0.2) is 9.50 Å². The molecule has 0 spiro atoms. The number of halogens is 3. The molecule has 0 saturated heterocycles. The number of aromatic nitrogens is 5. The summed E-state index contributed by atoms with van der Waals surface area (Å²) in [5.41, 5.74) is 0.182. The normalized spacial score (nSPS) is 12.0. The quantitative estimate of drug-likeness (QED) is 0.355. The van der Waals surface area contributed by atoms with E-state index in [9.17, 15) is 13.2 Å². The maximum Gasteiger partial charge on any atom is 0.433 e. The molecule has 0 atom stereocenters. The molecule has 0 aliphatic rings. The highest BCUT2D eigenvalue weighted by atomic mass is 32.1. The van der Waals surface area contributed by atoms with E-state index in [-0.39, 0.29) is 28.8 Å². The van der Waals surface area contributed by atoms with E-state index in [0.717, 1.165) is 21.9 Å². The van der Waals surface area contributed by atoms with Crippen LogP contribution in [0.5, 0.6) is 0 Å². The smallest absolute Gasteiger partial charge is 0.415 e. The van der Waals surface area contributed by atoms with E-state index >= 15 is 0 Å². The van der Waals surface area contributed by atoms with Crippen molar-refractivity contribution in [3.63, 3.8) is 0 Å². The predicted molar refractivity (Wildman–Crippen MR) is 109 cm³/mol. The first-order valence-corrected chi connectivity index (χ1v) is 10.2. The third kappa shape index (κ3) is 3.59. The first-order chi connectivity index (χ1) is 14.9. The lowest BCUT2D eigenvalue weighted by atomic mass is 10.2. The highest BCUT2D eigenvalue weighted by Crippen LogP contribution is 2.35. The van der Waals surface area contributed by atoms with Crippen molar-refractivity contribution in [2.24, 2.45) is 0 Å². The Kier molecular flexibility index (Phi) is 4.58. The van der Waals surface area contributed by atoms with Crippen LogP contribution in [0.4, 0.5) is 13.2 Å². The Hall–Kier alpha value is -3.53. The fraction of sp³-hybridized carbons (Fsp3) is 0.143. The van der Waals surface area contributed by atoms with Crippen molar-refractivity contribution in [3.05, 3.63) is 65.2 Å². The van der Waals surface area contributed by atoms with Crippen LogP contribution in [-0.2, 0) is 12.6 Å². The van der Waals surface area contributed by atoms with Gasteiger partial charge < -0.3 is 4.42 Å². The molecule has 1 aromatic carbocycles. The zero-order valence-corrected chi connectivity index (χ0v) is 16.9. The van der Waals surface area contributed by atoms with E-state index in [0.29, 0.717) is 10.4 Å². The molecule has 0 N–H and O–H groups in total. The summed E-state index contributed by atoms with van der Waals surface area (Å²) >= 11 is 1.42. The number of nitrogens with zero attached hydrogens (tertiary/aromatic N) is 5. The molecule has 0 saturated carbocycles. The van der Waals surface area contributed by atoms with E-state index in [1.165, 1.54) is 17.4 Å². The van der Waals surface area contributed by atoms with Gasteiger partial charge in [-0.05, 0) is 36.8 Å². The number of aryl methyl sites for hydroxylation is 1. The van der Waals surface area contributed by atoms with Crippen molar-refractivity contribution in [1.82, 2.24) is 24.8 Å². The lowest BCUT2D eigenvalue weighted by molar-refractivity contribution is -0.142. The fourth-order valence-electron chi connectivity index (χ4n) is 3.14. The zero-order valence-electron chi connectivity index (χ0n) is 16.1. The molecule has 10 heteroatoms. The number of alkyl halides is 3. The zero-order chi connectivity index (χ0) is 21.6. The summed E-state index contributed by atoms with van der Waals surface area (Å²) in [4.78, 5) is 6.13. The molecule has 6 nitrogen and oxygen atoms in total. The molecule has 0 amide bonds. The highest BCUT2D eigenvalue weighted by Gasteiger charge is 2.35. The molecule has 0 aliphatic heterocycles. The molecule has 0 fully saturated rings. The first kappa shape index (κ1) is 19.4. The summed E-state index contributed by atoms with van der Waals surface area (Å²) in [5.74, 6) is 0.270. The van der Waals surface area contributed by atoms with Gasteiger partial charge in [0, 0.05) is 16.5 Å². The van der Waals surface area contributed by atoms with Gasteiger partial charge in [0.25, 0.3) is 5.89 Å². The number of benzene rings is 1. The molecular formula is C21H14F3N5OS. The molecule has 31 heavy (non-hydrogen) atoms. The minimum Gasteiger partial charge on any atom is -0.415 e. The number of thiophene rings is 1. The summed E-state index contributed by atoms with van der Waals surface area (Å²) in [6.07, 6.45) is -3.81. The second kappa shape index (κ2) is 7.31. The van der Waals surface area contributed by atoms with Crippen molar-refractivity contribution in [2.75, 3.05) is 0 Å². The van der Waals surface area contributed by atoms with Gasteiger partial charge in [0.2, 0.25) is 5.89 Å². The van der Waals surface area contributed by atoms with Gasteiger partial charge in [-0.2, -0.15) is 18.3 Å². The molecular weight excluding hydrogens is 427 g/mol. The monoisotopic (exact) mass is 441 g/mol. The maximum atomic E-state index is 13.8. The number of hydrogen-bond acceptors (Lipinski definition) is 6. The lowest BCUT2D eigenvalue weighted by Crippen LogP contribution is -2.13. The van der Waals surface area contributed by atoms with E-state index in [1.807, 2.05) is 31.2 Å². The van der Waals surface area contributed by atoms with E-state index < -0.39 is 11.9 Å². The second-order valence-electron chi connectivity index (χ2n) is 6.72. The summed E-state index contributed by atoms with van der Waals surface area (Å²) in [5, 5.41) is 12.0. The number of hydrogen-bond donors (Lipinski definition) is 0. The van der Waals surface area contributed by atoms with Gasteiger partial charge in [0.1, 0.15) is 0 Å². The van der Waals surface area contributed by atoms with Gasteiger partial charge >= 0.3 is 6.18 Å². The molecule has 0 radical (unpaired) electrons. The highest BCUT2D eigenvalue weighted by molar-refractivity contribution is 7.15. The SMILES string of the molecule is CCc1ccc(-c2cc(C(F)(F)F)n3nc(-c4nnc(-c5ccccc5)o4)cc3n2)s1. The summed E-state index contributed by atoms with van der Waals surface area (Å²) in [6.45, 7) is 1.99. The van der Waals surface area contributed by atoms with Gasteiger partial charge in [-0.3, -0.25) is 0 Å². The summed E-state index contributed by atoms with van der Waals surface area (Å²) < 4.78 is 47.8. The molecule has 5 aromatic rings. The molecule has 0 unspecified atom stereocenters. The minimum absolute atomic E-state index is 0.0171. The summed E-state index contributed by atoms with van der Waals surface area (Å²) in [6, 6.07) is 15.2. The van der Waals surface area contributed by atoms with Crippen LogP contribution in [0, 0.1) is 0 Å². The molecule has 0 aliphatic carbocycles. The first-order valence-electron chi connectivity index (χ1n) is 9.39. The van der Waals surface area contributed by atoms with Crippen molar-refractivity contribution in [2.45, 2.75) is 19.5 Å². The third-order valence-corrected chi connectivity index (χ3v) is 5.90. The van der Waals surface area contributed by atoms with Crippen molar-refractivity contribution >= 4 is 17.0 Å². The van der Waals surface area contributed by atoms with Crippen LogP contribution in [0.2, 0.25) is 0 Å².